The Morgan fingerprint density at radius 1 is 1.23 bits per heavy atom. The van der Waals surface area contributed by atoms with Gasteiger partial charge >= 0.3 is 0 Å². The van der Waals surface area contributed by atoms with Crippen molar-refractivity contribution in [2.75, 3.05) is 0 Å². The summed E-state index contributed by atoms with van der Waals surface area (Å²) in [5.74, 6) is 0. The Bertz CT molecular complexity index is 468. The van der Waals surface area contributed by atoms with E-state index >= 15 is 0 Å². The molecule has 0 spiro atoms. The van der Waals surface area contributed by atoms with Gasteiger partial charge in [-0.2, -0.15) is 0 Å². The molecule has 0 atom stereocenters. The molecule has 13 heavy (non-hydrogen) atoms. The predicted octanol–water partition coefficient (Wildman–Crippen LogP) is 3.56. The lowest BCUT2D eigenvalue weighted by Gasteiger charge is -1.98. The van der Waals surface area contributed by atoms with E-state index in [1.54, 1.807) is 0 Å². The molecule has 0 aliphatic carbocycles. The quantitative estimate of drug-likeness (QED) is 0.661. The predicted molar refractivity (Wildman–Crippen MR) is 60.1 cm³/mol. The van der Waals surface area contributed by atoms with E-state index in [1.807, 2.05) is 0 Å². The third-order valence-corrected chi connectivity index (χ3v) is 3.62. The van der Waals surface area contributed by atoms with Gasteiger partial charge in [0, 0.05) is 28.1 Å². The molecule has 0 N–H and O–H groups in total. The van der Waals surface area contributed by atoms with E-state index in [9.17, 15) is 0 Å². The van der Waals surface area contributed by atoms with Crippen LogP contribution < -0.4 is 0 Å². The molecule has 0 radical (unpaired) electrons. The maximum Gasteiger partial charge on any atom is 0.0494 e. The van der Waals surface area contributed by atoms with Crippen molar-refractivity contribution in [1.82, 2.24) is 4.57 Å². The largest absolute Gasteiger partial charge is 0.347 e. The third kappa shape index (κ3) is 1.12. The molecule has 2 aromatic rings. The Kier molecular flexibility index (Phi) is 1.95. The summed E-state index contributed by atoms with van der Waals surface area (Å²) >= 11 is 3.63. The number of fused-ring (bicyclic) bond motifs is 1. The zero-order valence-electron chi connectivity index (χ0n) is 8.06. The van der Waals surface area contributed by atoms with E-state index in [0.29, 0.717) is 0 Å². The first-order valence-corrected chi connectivity index (χ1v) is 5.12. The maximum absolute atomic E-state index is 3.63. The first-order chi connectivity index (χ1) is 6.13. The molecule has 2 rings (SSSR count). The molecule has 0 bridgehead atoms. The number of benzene rings is 1. The van der Waals surface area contributed by atoms with Crippen molar-refractivity contribution in [3.05, 3.63) is 33.9 Å². The highest BCUT2D eigenvalue weighted by atomic mass is 79.9. The fraction of sp³-hybridized carbons (Fsp3) is 0.273. The number of rotatable bonds is 0. The zero-order chi connectivity index (χ0) is 9.59. The highest BCUT2D eigenvalue weighted by molar-refractivity contribution is 9.10. The highest BCUT2D eigenvalue weighted by Crippen LogP contribution is 2.31. The van der Waals surface area contributed by atoms with Gasteiger partial charge in [-0.25, -0.2) is 0 Å². The number of hydrogen-bond donors (Lipinski definition) is 0. The average molecular weight is 238 g/mol. The van der Waals surface area contributed by atoms with E-state index in [-0.39, 0.29) is 0 Å². The molecular formula is C11H12BrN. The molecule has 0 amide bonds. The molecule has 0 saturated heterocycles. The topological polar surface area (TPSA) is 4.93 Å². The van der Waals surface area contributed by atoms with Crippen LogP contribution >= 0.6 is 15.9 Å². The Labute approximate surface area is 86.5 Å². The smallest absolute Gasteiger partial charge is 0.0494 e. The second-order valence-corrected chi connectivity index (χ2v) is 4.22. The lowest BCUT2D eigenvalue weighted by molar-refractivity contribution is 0.914. The van der Waals surface area contributed by atoms with Crippen LogP contribution in [-0.4, -0.2) is 4.57 Å². The number of halogens is 1. The summed E-state index contributed by atoms with van der Waals surface area (Å²) in [6, 6.07) is 6.40. The summed E-state index contributed by atoms with van der Waals surface area (Å²) in [4.78, 5) is 0. The summed E-state index contributed by atoms with van der Waals surface area (Å²) in [7, 11) is 2.10. The van der Waals surface area contributed by atoms with Crippen LogP contribution in [0, 0.1) is 13.8 Å². The van der Waals surface area contributed by atoms with Gasteiger partial charge in [-0.15, -0.1) is 0 Å². The van der Waals surface area contributed by atoms with Gasteiger partial charge < -0.3 is 4.57 Å². The van der Waals surface area contributed by atoms with Gasteiger partial charge in [0.25, 0.3) is 0 Å². The molecule has 0 unspecified atom stereocenters. The van der Waals surface area contributed by atoms with E-state index < -0.39 is 0 Å². The van der Waals surface area contributed by atoms with Crippen LogP contribution in [0.25, 0.3) is 10.9 Å². The third-order valence-electron chi connectivity index (χ3n) is 2.65. The van der Waals surface area contributed by atoms with Crippen molar-refractivity contribution >= 4 is 26.8 Å². The van der Waals surface area contributed by atoms with Crippen molar-refractivity contribution in [3.8, 4) is 0 Å². The normalized spacial score (nSPS) is 11.1. The summed E-state index contributed by atoms with van der Waals surface area (Å²) < 4.78 is 3.44. The second kappa shape index (κ2) is 2.88. The lowest BCUT2D eigenvalue weighted by Crippen LogP contribution is -1.89. The van der Waals surface area contributed by atoms with Crippen LogP contribution in [0.5, 0.6) is 0 Å². The van der Waals surface area contributed by atoms with Gasteiger partial charge in [0.1, 0.15) is 0 Å². The molecule has 0 aliphatic rings. The Morgan fingerprint density at radius 2 is 1.92 bits per heavy atom. The van der Waals surface area contributed by atoms with Gasteiger partial charge in [0.2, 0.25) is 0 Å². The average Bonchev–Trinajstić information content (AvgIpc) is 2.33. The molecule has 0 fully saturated rings. The number of aryl methyl sites for hydroxylation is 2. The van der Waals surface area contributed by atoms with Crippen molar-refractivity contribution in [3.63, 3.8) is 0 Å². The van der Waals surface area contributed by atoms with Crippen LogP contribution in [0.3, 0.4) is 0 Å². The first-order valence-electron chi connectivity index (χ1n) is 4.33. The van der Waals surface area contributed by atoms with Crippen molar-refractivity contribution in [1.29, 1.82) is 0 Å². The van der Waals surface area contributed by atoms with Gasteiger partial charge in [0.15, 0.2) is 0 Å². The van der Waals surface area contributed by atoms with Crippen molar-refractivity contribution in [2.45, 2.75) is 13.8 Å². The standard InChI is InChI=1S/C11H12BrN/c1-7-5-4-6-9-10(7)11(12)8(2)13(9)3/h4-6H,1-3H3. The molecule has 1 aromatic carbocycles. The SMILES string of the molecule is Cc1cccc2c1c(Br)c(C)n2C. The Balaban J connectivity index is 3.03. The minimum absolute atomic E-state index is 1.23. The molecule has 1 heterocycles. The number of nitrogens with zero attached hydrogens (tertiary/aromatic N) is 1. The molecule has 2 heteroatoms. The molecule has 0 aliphatic heterocycles. The first kappa shape index (κ1) is 8.82. The van der Waals surface area contributed by atoms with Gasteiger partial charge in [-0.05, 0) is 41.4 Å². The fourth-order valence-electron chi connectivity index (χ4n) is 1.73. The fourth-order valence-corrected chi connectivity index (χ4v) is 2.51. The molecule has 1 nitrogen and oxygen atoms in total. The highest BCUT2D eigenvalue weighted by Gasteiger charge is 2.10. The molecule has 0 saturated carbocycles. The number of hydrogen-bond acceptors (Lipinski definition) is 0. The summed E-state index contributed by atoms with van der Waals surface area (Å²) in [6.07, 6.45) is 0. The van der Waals surface area contributed by atoms with Crippen LogP contribution in [0.4, 0.5) is 0 Å². The van der Waals surface area contributed by atoms with Crippen LogP contribution in [0.2, 0.25) is 0 Å². The van der Waals surface area contributed by atoms with Gasteiger partial charge in [-0.3, -0.25) is 0 Å². The Hall–Kier alpha value is -0.760. The van der Waals surface area contributed by atoms with Gasteiger partial charge in [-0.1, -0.05) is 12.1 Å². The summed E-state index contributed by atoms with van der Waals surface area (Å²) in [6.45, 7) is 4.27. The molecular weight excluding hydrogens is 226 g/mol. The summed E-state index contributed by atoms with van der Waals surface area (Å²) in [5.41, 5.74) is 3.90. The molecule has 1 aromatic heterocycles. The van der Waals surface area contributed by atoms with E-state index in [0.717, 1.165) is 0 Å². The minimum Gasteiger partial charge on any atom is -0.347 e. The van der Waals surface area contributed by atoms with E-state index in [1.165, 1.54) is 26.6 Å². The number of aromatic nitrogens is 1. The van der Waals surface area contributed by atoms with Crippen LogP contribution in [0.15, 0.2) is 22.7 Å². The maximum atomic E-state index is 3.63. The molecule has 68 valence electrons. The Morgan fingerprint density at radius 3 is 2.54 bits per heavy atom. The van der Waals surface area contributed by atoms with Crippen LogP contribution in [-0.2, 0) is 7.05 Å². The monoisotopic (exact) mass is 237 g/mol. The zero-order valence-corrected chi connectivity index (χ0v) is 9.64. The van der Waals surface area contributed by atoms with Crippen LogP contribution in [0.1, 0.15) is 11.3 Å². The van der Waals surface area contributed by atoms with Crippen molar-refractivity contribution < 1.29 is 0 Å². The van der Waals surface area contributed by atoms with E-state index in [4.69, 9.17) is 0 Å². The minimum atomic E-state index is 1.23. The van der Waals surface area contributed by atoms with Crippen molar-refractivity contribution in [2.24, 2.45) is 7.05 Å². The lowest BCUT2D eigenvalue weighted by atomic mass is 10.1. The van der Waals surface area contributed by atoms with Gasteiger partial charge in [0.05, 0.1) is 0 Å². The summed E-state index contributed by atoms with van der Waals surface area (Å²) in [5, 5.41) is 1.34. The second-order valence-electron chi connectivity index (χ2n) is 3.43. The van der Waals surface area contributed by atoms with E-state index in [2.05, 4.69) is 59.6 Å².